The van der Waals surface area contributed by atoms with Crippen molar-refractivity contribution in [3.63, 3.8) is 0 Å². The number of benzene rings is 1. The highest BCUT2D eigenvalue weighted by Gasteiger charge is 2.42. The summed E-state index contributed by atoms with van der Waals surface area (Å²) in [6, 6.07) is 8.86. The van der Waals surface area contributed by atoms with Crippen LogP contribution in [0.25, 0.3) is 0 Å². The van der Waals surface area contributed by atoms with E-state index >= 15 is 0 Å². The molecule has 2 aromatic rings. The number of ether oxygens (including phenoxy) is 1. The van der Waals surface area contributed by atoms with E-state index in [1.807, 2.05) is 12.1 Å². The molecule has 1 aliphatic heterocycles. The zero-order chi connectivity index (χ0) is 25.4. The lowest BCUT2D eigenvalue weighted by atomic mass is 10.1. The normalized spacial score (nSPS) is 17.1. The number of carbonyl (C=O) groups excluding carboxylic acids is 3. The average Bonchev–Trinajstić information content (AvgIpc) is 3.26. The number of likely N-dealkylation sites (tertiary alicyclic amines) is 1. The molecule has 0 radical (unpaired) electrons. The molecule has 2 atom stereocenters. The van der Waals surface area contributed by atoms with Crippen LogP contribution in [0.1, 0.15) is 30.9 Å². The predicted octanol–water partition coefficient (Wildman–Crippen LogP) is 3.44. The molecule has 2 amide bonds. The number of carbonyl (C=O) groups is 3. The Kier molecular flexibility index (Phi) is 9.18. The van der Waals surface area contributed by atoms with Gasteiger partial charge in [0.05, 0.1) is 4.92 Å². The summed E-state index contributed by atoms with van der Waals surface area (Å²) in [6.45, 7) is 2.13. The van der Waals surface area contributed by atoms with Gasteiger partial charge in [0.15, 0.2) is 5.12 Å². The molecule has 0 aliphatic carbocycles. The van der Waals surface area contributed by atoms with E-state index in [2.05, 4.69) is 4.98 Å². The maximum absolute atomic E-state index is 13.2. The Hall–Kier alpha value is -3.47. The number of hydrogen-bond acceptors (Lipinski definition) is 8. The first-order valence-electron chi connectivity index (χ1n) is 11.2. The topological polar surface area (TPSA) is 123 Å². The predicted molar refractivity (Wildman–Crippen MR) is 131 cm³/mol. The molecule has 1 saturated heterocycles. The fraction of sp³-hybridized carbons (Fsp3) is 0.417. The fourth-order valence-electron chi connectivity index (χ4n) is 3.93. The Morgan fingerprint density at radius 3 is 2.49 bits per heavy atom. The highest BCUT2D eigenvalue weighted by molar-refractivity contribution is 8.14. The van der Waals surface area contributed by atoms with Gasteiger partial charge in [0.25, 0.3) is 5.69 Å². The zero-order valence-electron chi connectivity index (χ0n) is 19.7. The minimum atomic E-state index is -0.720. The van der Waals surface area contributed by atoms with E-state index in [4.69, 9.17) is 4.74 Å². The molecule has 3 rings (SSSR count). The number of rotatable bonds is 9. The van der Waals surface area contributed by atoms with Crippen molar-refractivity contribution in [3.8, 4) is 0 Å². The van der Waals surface area contributed by atoms with E-state index in [0.717, 1.165) is 30.2 Å². The number of nitro groups is 1. The molecule has 1 unspecified atom stereocenters. The first kappa shape index (κ1) is 26.1. The summed E-state index contributed by atoms with van der Waals surface area (Å²) in [4.78, 5) is 55.0. The lowest BCUT2D eigenvalue weighted by molar-refractivity contribution is -0.384. The molecule has 0 saturated carbocycles. The number of aromatic nitrogens is 1. The van der Waals surface area contributed by atoms with Gasteiger partial charge in [-0.25, -0.2) is 4.79 Å². The second-order valence-electron chi connectivity index (χ2n) is 8.33. The van der Waals surface area contributed by atoms with Crippen LogP contribution in [0.4, 0.5) is 10.5 Å². The van der Waals surface area contributed by atoms with Crippen molar-refractivity contribution in [2.75, 3.05) is 20.1 Å². The van der Waals surface area contributed by atoms with Gasteiger partial charge in [-0.15, -0.1) is 0 Å². The lowest BCUT2D eigenvalue weighted by Crippen LogP contribution is -2.47. The van der Waals surface area contributed by atoms with Gasteiger partial charge in [0, 0.05) is 56.8 Å². The number of amides is 2. The quantitative estimate of drug-likeness (QED) is 0.379. The second kappa shape index (κ2) is 12.3. The Balaban J connectivity index is 1.60. The van der Waals surface area contributed by atoms with Crippen molar-refractivity contribution < 1.29 is 24.0 Å². The zero-order valence-corrected chi connectivity index (χ0v) is 20.5. The monoisotopic (exact) mass is 500 g/mol. The number of pyridine rings is 1. The van der Waals surface area contributed by atoms with Crippen LogP contribution in [0.2, 0.25) is 0 Å². The van der Waals surface area contributed by atoms with Crippen LogP contribution >= 0.6 is 11.8 Å². The van der Waals surface area contributed by atoms with Gasteiger partial charge in [-0.05, 0) is 54.7 Å². The number of aryl methyl sites for hydroxylation is 1. The van der Waals surface area contributed by atoms with Crippen molar-refractivity contribution in [1.82, 2.24) is 14.8 Å². The van der Waals surface area contributed by atoms with Gasteiger partial charge in [-0.1, -0.05) is 11.8 Å². The van der Waals surface area contributed by atoms with E-state index in [0.29, 0.717) is 18.5 Å². The van der Waals surface area contributed by atoms with Crippen molar-refractivity contribution >= 4 is 34.6 Å². The number of likely N-dealkylation sites (N-methyl/N-ethyl adjacent to an activating group) is 1. The largest absolute Gasteiger partial charge is 0.445 e. The summed E-state index contributed by atoms with van der Waals surface area (Å²) in [7, 11) is 1.71. The number of thioether (sulfide) groups is 1. The summed E-state index contributed by atoms with van der Waals surface area (Å²) in [6.07, 6.45) is 4.73. The van der Waals surface area contributed by atoms with E-state index in [1.165, 1.54) is 36.1 Å². The van der Waals surface area contributed by atoms with Gasteiger partial charge in [0.2, 0.25) is 5.91 Å². The molecule has 35 heavy (non-hydrogen) atoms. The van der Waals surface area contributed by atoms with Gasteiger partial charge in [-0.2, -0.15) is 0 Å². The number of nitro benzene ring substituents is 1. The van der Waals surface area contributed by atoms with Crippen LogP contribution in [0.5, 0.6) is 0 Å². The smallest absolute Gasteiger partial charge is 0.410 e. The molecule has 0 bridgehead atoms. The Labute approximate surface area is 207 Å². The molecular formula is C24H28N4O6S. The highest BCUT2D eigenvalue weighted by atomic mass is 32.2. The Bertz CT molecular complexity index is 1050. The number of non-ortho nitro benzene ring substituents is 1. The molecule has 1 fully saturated rings. The summed E-state index contributed by atoms with van der Waals surface area (Å²) < 4.78 is 5.41. The first-order chi connectivity index (χ1) is 16.7. The van der Waals surface area contributed by atoms with E-state index in [1.54, 1.807) is 24.3 Å². The maximum Gasteiger partial charge on any atom is 0.410 e. The van der Waals surface area contributed by atoms with Gasteiger partial charge < -0.3 is 9.64 Å². The molecular weight excluding hydrogens is 472 g/mol. The summed E-state index contributed by atoms with van der Waals surface area (Å²) in [5.41, 5.74) is 1.67. The van der Waals surface area contributed by atoms with Crippen LogP contribution in [-0.4, -0.2) is 68.3 Å². The van der Waals surface area contributed by atoms with Crippen LogP contribution in [0, 0.1) is 10.1 Å². The third kappa shape index (κ3) is 7.51. The lowest BCUT2D eigenvalue weighted by Gasteiger charge is -2.27. The minimum Gasteiger partial charge on any atom is -0.445 e. The molecule has 1 aromatic heterocycles. The third-order valence-electron chi connectivity index (χ3n) is 5.71. The molecule has 11 heteroatoms. The molecule has 0 spiro atoms. The Morgan fingerprint density at radius 2 is 1.86 bits per heavy atom. The first-order valence-corrected chi connectivity index (χ1v) is 12.1. The van der Waals surface area contributed by atoms with Crippen LogP contribution < -0.4 is 0 Å². The van der Waals surface area contributed by atoms with Gasteiger partial charge in [-0.3, -0.25) is 29.6 Å². The van der Waals surface area contributed by atoms with Crippen LogP contribution in [0.3, 0.4) is 0 Å². The van der Waals surface area contributed by atoms with Crippen LogP contribution in [0.15, 0.2) is 48.8 Å². The molecule has 10 nitrogen and oxygen atoms in total. The number of hydrogen-bond donors (Lipinski definition) is 0. The molecule has 1 aliphatic rings. The summed E-state index contributed by atoms with van der Waals surface area (Å²) >= 11 is 1.12. The summed E-state index contributed by atoms with van der Waals surface area (Å²) in [5.74, 6) is -0.196. The van der Waals surface area contributed by atoms with E-state index in [-0.39, 0.29) is 35.1 Å². The summed E-state index contributed by atoms with van der Waals surface area (Å²) in [5, 5.41) is 10.5. The molecule has 2 heterocycles. The van der Waals surface area contributed by atoms with E-state index in [9.17, 15) is 24.5 Å². The Morgan fingerprint density at radius 1 is 1.17 bits per heavy atom. The molecule has 0 N–H and O–H groups in total. The van der Waals surface area contributed by atoms with Crippen molar-refractivity contribution in [2.45, 2.75) is 44.1 Å². The van der Waals surface area contributed by atoms with Gasteiger partial charge in [0.1, 0.15) is 12.6 Å². The number of nitrogens with zero attached hydrogens (tertiary/aromatic N) is 4. The maximum atomic E-state index is 13.2. The average molecular weight is 501 g/mol. The van der Waals surface area contributed by atoms with Crippen LogP contribution in [-0.2, 0) is 27.4 Å². The van der Waals surface area contributed by atoms with Crippen molar-refractivity contribution in [2.24, 2.45) is 0 Å². The highest BCUT2D eigenvalue weighted by Crippen LogP contribution is 2.30. The molecule has 1 aromatic carbocycles. The third-order valence-corrected chi connectivity index (χ3v) is 6.72. The van der Waals surface area contributed by atoms with Crippen molar-refractivity contribution in [3.05, 3.63) is 70.0 Å². The fourth-order valence-corrected chi connectivity index (χ4v) is 4.91. The van der Waals surface area contributed by atoms with Crippen molar-refractivity contribution in [1.29, 1.82) is 0 Å². The second-order valence-corrected chi connectivity index (χ2v) is 9.81. The standard InChI is InChI=1S/C24H28N4O6S/c1-17(29)35-21-14-22(23(30)26(2)13-3-4-18-9-11-25-12-10-18)27(15-21)24(31)34-16-19-5-7-20(8-6-19)28(32)33/h5-12,21-22H,3-4,13-16H2,1-2H3/t21?,22-/m0/s1. The van der Waals surface area contributed by atoms with Gasteiger partial charge >= 0.3 is 6.09 Å². The van der Waals surface area contributed by atoms with E-state index < -0.39 is 17.1 Å². The molecule has 186 valence electrons. The SMILES string of the molecule is CC(=O)SC1C[C@@H](C(=O)N(C)CCCc2ccncc2)N(C(=O)OCc2ccc([N+](=O)[O-])cc2)C1. The minimum absolute atomic E-state index is 0.0543.